The van der Waals surface area contributed by atoms with Crippen LogP contribution in [0.4, 0.5) is 0 Å². The summed E-state index contributed by atoms with van der Waals surface area (Å²) in [6.07, 6.45) is 2.07. The van der Waals surface area contributed by atoms with Gasteiger partial charge in [-0.3, -0.25) is 4.79 Å². The maximum absolute atomic E-state index is 13.0. The molecular weight excluding hydrogens is 286 g/mol. The third-order valence-electron chi connectivity index (χ3n) is 4.41. The Bertz CT molecular complexity index is 898. The van der Waals surface area contributed by atoms with Crippen molar-refractivity contribution in [1.29, 1.82) is 0 Å². The lowest BCUT2D eigenvalue weighted by atomic mass is 10.0. The van der Waals surface area contributed by atoms with Crippen molar-refractivity contribution in [1.82, 2.24) is 4.57 Å². The molecule has 0 unspecified atom stereocenters. The standard InChI is InChI=1S/C20H23NO2/c1-5-6-11-21-14(3)12-17-19(20(21)22)18(15(4)23-17)16-9-7-13(2)8-10-16/h7-10,12H,5-6,11H2,1-4H3. The number of fused-ring (bicyclic) bond motifs is 1. The molecule has 0 saturated carbocycles. The molecule has 23 heavy (non-hydrogen) atoms. The molecule has 0 saturated heterocycles. The summed E-state index contributed by atoms with van der Waals surface area (Å²) < 4.78 is 7.76. The van der Waals surface area contributed by atoms with Crippen LogP contribution in [-0.4, -0.2) is 4.57 Å². The number of aryl methyl sites for hydroxylation is 3. The van der Waals surface area contributed by atoms with Gasteiger partial charge in [-0.1, -0.05) is 43.2 Å². The maximum atomic E-state index is 13.0. The van der Waals surface area contributed by atoms with Gasteiger partial charge in [0.2, 0.25) is 0 Å². The fraction of sp³-hybridized carbons (Fsp3) is 0.350. The molecule has 3 rings (SSSR count). The van der Waals surface area contributed by atoms with Crippen LogP contribution in [0.15, 0.2) is 39.5 Å². The second-order valence-corrected chi connectivity index (χ2v) is 6.23. The highest BCUT2D eigenvalue weighted by Gasteiger charge is 2.18. The summed E-state index contributed by atoms with van der Waals surface area (Å²) in [6, 6.07) is 10.2. The Hall–Kier alpha value is -2.29. The van der Waals surface area contributed by atoms with Crippen LogP contribution in [0, 0.1) is 20.8 Å². The lowest BCUT2D eigenvalue weighted by molar-refractivity contribution is 0.572. The fourth-order valence-electron chi connectivity index (χ4n) is 3.10. The number of hydrogen-bond donors (Lipinski definition) is 0. The van der Waals surface area contributed by atoms with Gasteiger partial charge in [-0.2, -0.15) is 0 Å². The highest BCUT2D eigenvalue weighted by Crippen LogP contribution is 2.33. The van der Waals surface area contributed by atoms with Crippen LogP contribution in [-0.2, 0) is 6.54 Å². The van der Waals surface area contributed by atoms with Crippen molar-refractivity contribution in [2.24, 2.45) is 0 Å². The third kappa shape index (κ3) is 2.72. The molecule has 0 atom stereocenters. The molecule has 0 radical (unpaired) electrons. The van der Waals surface area contributed by atoms with E-state index in [4.69, 9.17) is 4.42 Å². The van der Waals surface area contributed by atoms with Crippen molar-refractivity contribution in [2.45, 2.75) is 47.1 Å². The van der Waals surface area contributed by atoms with Gasteiger partial charge < -0.3 is 8.98 Å². The molecule has 0 aliphatic rings. The summed E-state index contributed by atoms with van der Waals surface area (Å²) in [6.45, 7) is 8.86. The molecule has 1 aromatic carbocycles. The second kappa shape index (κ2) is 6.07. The van der Waals surface area contributed by atoms with Gasteiger partial charge in [0.1, 0.15) is 11.3 Å². The summed E-state index contributed by atoms with van der Waals surface area (Å²) >= 11 is 0. The minimum Gasteiger partial charge on any atom is -0.460 e. The minimum atomic E-state index is 0.0564. The molecule has 0 fully saturated rings. The largest absolute Gasteiger partial charge is 0.460 e. The zero-order chi connectivity index (χ0) is 16.6. The van der Waals surface area contributed by atoms with E-state index in [0.29, 0.717) is 11.0 Å². The van der Waals surface area contributed by atoms with E-state index in [2.05, 4.69) is 38.1 Å². The van der Waals surface area contributed by atoms with E-state index in [1.807, 2.05) is 24.5 Å². The van der Waals surface area contributed by atoms with E-state index >= 15 is 0 Å². The number of hydrogen-bond acceptors (Lipinski definition) is 2. The van der Waals surface area contributed by atoms with Gasteiger partial charge in [-0.25, -0.2) is 0 Å². The molecule has 120 valence electrons. The maximum Gasteiger partial charge on any atom is 0.262 e. The molecule has 3 heteroatoms. The summed E-state index contributed by atoms with van der Waals surface area (Å²) in [5.74, 6) is 0.800. The van der Waals surface area contributed by atoms with Gasteiger partial charge in [-0.05, 0) is 32.8 Å². The van der Waals surface area contributed by atoms with Crippen molar-refractivity contribution >= 4 is 11.0 Å². The predicted octanol–water partition coefficient (Wildman–Crippen LogP) is 4.99. The zero-order valence-electron chi connectivity index (χ0n) is 14.3. The highest BCUT2D eigenvalue weighted by molar-refractivity contribution is 5.95. The first-order valence-electron chi connectivity index (χ1n) is 8.23. The van der Waals surface area contributed by atoms with Crippen molar-refractivity contribution in [3.05, 3.63) is 57.7 Å². The van der Waals surface area contributed by atoms with E-state index < -0.39 is 0 Å². The van der Waals surface area contributed by atoms with Crippen molar-refractivity contribution < 1.29 is 4.42 Å². The lowest BCUT2D eigenvalue weighted by Gasteiger charge is -2.09. The van der Waals surface area contributed by atoms with Gasteiger partial charge in [0.15, 0.2) is 0 Å². The molecule has 0 spiro atoms. The number of unbranched alkanes of at least 4 members (excludes halogenated alkanes) is 1. The molecule has 3 aromatic rings. The van der Waals surface area contributed by atoms with Crippen molar-refractivity contribution in [3.8, 4) is 11.1 Å². The van der Waals surface area contributed by atoms with E-state index in [1.54, 1.807) is 0 Å². The Kier molecular flexibility index (Phi) is 4.12. The van der Waals surface area contributed by atoms with Gasteiger partial charge in [-0.15, -0.1) is 0 Å². The number of nitrogens with zero attached hydrogens (tertiary/aromatic N) is 1. The van der Waals surface area contributed by atoms with Crippen LogP contribution in [0.25, 0.3) is 22.1 Å². The Labute approximate surface area is 136 Å². The minimum absolute atomic E-state index is 0.0564. The van der Waals surface area contributed by atoms with Crippen molar-refractivity contribution in [3.63, 3.8) is 0 Å². The lowest BCUT2D eigenvalue weighted by Crippen LogP contribution is -2.22. The second-order valence-electron chi connectivity index (χ2n) is 6.23. The van der Waals surface area contributed by atoms with E-state index in [9.17, 15) is 4.79 Å². The van der Waals surface area contributed by atoms with E-state index in [0.717, 1.165) is 42.0 Å². The molecule has 0 amide bonds. The van der Waals surface area contributed by atoms with Crippen LogP contribution < -0.4 is 5.56 Å². The Balaban J connectivity index is 2.28. The summed E-state index contributed by atoms with van der Waals surface area (Å²) in [7, 11) is 0. The highest BCUT2D eigenvalue weighted by atomic mass is 16.3. The SMILES string of the molecule is CCCCn1c(C)cc2oc(C)c(-c3ccc(C)cc3)c2c1=O. The number of benzene rings is 1. The molecule has 2 heterocycles. The molecule has 3 nitrogen and oxygen atoms in total. The topological polar surface area (TPSA) is 35.1 Å². The van der Waals surface area contributed by atoms with E-state index in [1.165, 1.54) is 5.56 Å². The van der Waals surface area contributed by atoms with Crippen LogP contribution in [0.2, 0.25) is 0 Å². The van der Waals surface area contributed by atoms with Crippen LogP contribution >= 0.6 is 0 Å². The first-order valence-corrected chi connectivity index (χ1v) is 8.23. The predicted molar refractivity (Wildman–Crippen MR) is 95.0 cm³/mol. The normalized spacial score (nSPS) is 11.3. The average molecular weight is 309 g/mol. The summed E-state index contributed by atoms with van der Waals surface area (Å²) in [5.41, 5.74) is 4.87. The average Bonchev–Trinajstić information content (AvgIpc) is 2.84. The first kappa shape index (κ1) is 15.6. The summed E-state index contributed by atoms with van der Waals surface area (Å²) in [4.78, 5) is 13.0. The third-order valence-corrected chi connectivity index (χ3v) is 4.41. The van der Waals surface area contributed by atoms with Crippen LogP contribution in [0.1, 0.15) is 36.8 Å². The molecule has 0 aliphatic heterocycles. The molecule has 0 N–H and O–H groups in total. The van der Waals surface area contributed by atoms with Gasteiger partial charge in [0.05, 0.1) is 5.39 Å². The Morgan fingerprint density at radius 3 is 2.43 bits per heavy atom. The fourth-order valence-corrected chi connectivity index (χ4v) is 3.10. The van der Waals surface area contributed by atoms with Gasteiger partial charge >= 0.3 is 0 Å². The molecule has 2 aromatic heterocycles. The molecular formula is C20H23NO2. The number of aromatic nitrogens is 1. The molecule has 0 aliphatic carbocycles. The number of rotatable bonds is 4. The zero-order valence-corrected chi connectivity index (χ0v) is 14.3. The first-order chi connectivity index (χ1) is 11.0. The number of pyridine rings is 1. The quantitative estimate of drug-likeness (QED) is 0.680. The van der Waals surface area contributed by atoms with Gasteiger partial charge in [0, 0.05) is 23.9 Å². The number of furan rings is 1. The monoisotopic (exact) mass is 309 g/mol. The van der Waals surface area contributed by atoms with Crippen molar-refractivity contribution in [2.75, 3.05) is 0 Å². The van der Waals surface area contributed by atoms with E-state index in [-0.39, 0.29) is 5.56 Å². The Morgan fingerprint density at radius 1 is 1.09 bits per heavy atom. The molecule has 0 bridgehead atoms. The van der Waals surface area contributed by atoms with Crippen LogP contribution in [0.5, 0.6) is 0 Å². The van der Waals surface area contributed by atoms with Crippen LogP contribution in [0.3, 0.4) is 0 Å². The Morgan fingerprint density at radius 2 is 1.78 bits per heavy atom. The summed E-state index contributed by atoms with van der Waals surface area (Å²) in [5, 5.41) is 0.702. The smallest absolute Gasteiger partial charge is 0.262 e. The van der Waals surface area contributed by atoms with Gasteiger partial charge in [0.25, 0.3) is 5.56 Å².